The molecule has 0 spiro atoms. The normalized spacial score (nSPS) is 12.5. The van der Waals surface area contributed by atoms with E-state index in [1.165, 1.54) is 0 Å². The summed E-state index contributed by atoms with van der Waals surface area (Å²) in [6, 6.07) is 12.2. The first-order valence-electron chi connectivity index (χ1n) is 11.9. The lowest BCUT2D eigenvalue weighted by Gasteiger charge is -2.36. The average Bonchev–Trinajstić information content (AvgIpc) is 3.13. The lowest BCUT2D eigenvalue weighted by Crippen LogP contribution is -2.41. The molecular weight excluding hydrogens is 428 g/mol. The lowest BCUT2D eigenvalue weighted by molar-refractivity contribution is 0.111. The van der Waals surface area contributed by atoms with Crippen molar-refractivity contribution in [2.24, 2.45) is 5.92 Å². The van der Waals surface area contributed by atoms with Crippen molar-refractivity contribution in [2.75, 3.05) is 6.61 Å². The van der Waals surface area contributed by atoms with Crippen molar-refractivity contribution in [1.29, 1.82) is 0 Å². The van der Waals surface area contributed by atoms with Crippen LogP contribution in [0.15, 0.2) is 47.1 Å². The number of rotatable bonds is 10. The first-order valence-corrected chi connectivity index (χ1v) is 14.8. The molecule has 0 N–H and O–H groups in total. The number of ether oxygens (including phenoxy) is 1. The van der Waals surface area contributed by atoms with Crippen molar-refractivity contribution >= 4 is 25.6 Å². The Bertz CT molecular complexity index is 1070. The van der Waals surface area contributed by atoms with Crippen molar-refractivity contribution in [3.63, 3.8) is 0 Å². The SMILES string of the molecule is CC(C)Cc1cc2c(CCO[Si](C)(C)C(C)(C)C)coc2c(C=O)c1OCc1ccccc1. The smallest absolute Gasteiger partial charge is 0.191 e. The van der Waals surface area contributed by atoms with E-state index in [2.05, 4.69) is 53.8 Å². The molecule has 0 bridgehead atoms. The van der Waals surface area contributed by atoms with Crippen LogP contribution >= 0.6 is 0 Å². The van der Waals surface area contributed by atoms with Gasteiger partial charge < -0.3 is 13.6 Å². The van der Waals surface area contributed by atoms with E-state index in [9.17, 15) is 4.79 Å². The Hall–Kier alpha value is -2.37. The van der Waals surface area contributed by atoms with Crippen molar-refractivity contribution in [3.8, 4) is 5.75 Å². The van der Waals surface area contributed by atoms with Crippen LogP contribution in [0.4, 0.5) is 0 Å². The van der Waals surface area contributed by atoms with Gasteiger partial charge in [0.2, 0.25) is 0 Å². The Labute approximate surface area is 199 Å². The molecule has 178 valence electrons. The number of hydrogen-bond donors (Lipinski definition) is 0. The van der Waals surface area contributed by atoms with Crippen LogP contribution < -0.4 is 4.74 Å². The molecule has 0 unspecified atom stereocenters. The molecule has 1 aromatic heterocycles. The Morgan fingerprint density at radius 2 is 1.79 bits per heavy atom. The molecule has 0 aliphatic rings. The van der Waals surface area contributed by atoms with Gasteiger partial charge in [0.1, 0.15) is 17.9 Å². The highest BCUT2D eigenvalue weighted by atomic mass is 28.4. The summed E-state index contributed by atoms with van der Waals surface area (Å²) in [6.45, 7) is 16.7. The van der Waals surface area contributed by atoms with Crippen LogP contribution in [0, 0.1) is 5.92 Å². The van der Waals surface area contributed by atoms with Gasteiger partial charge in [0.05, 0.1) is 11.8 Å². The van der Waals surface area contributed by atoms with E-state index >= 15 is 0 Å². The maximum Gasteiger partial charge on any atom is 0.191 e. The second-order valence-electron chi connectivity index (χ2n) is 10.8. The summed E-state index contributed by atoms with van der Waals surface area (Å²) in [5.74, 6) is 1.06. The number of aldehydes is 1. The third-order valence-corrected chi connectivity index (χ3v) is 11.2. The molecule has 0 amide bonds. The maximum absolute atomic E-state index is 12.2. The van der Waals surface area contributed by atoms with E-state index in [-0.39, 0.29) is 5.04 Å². The van der Waals surface area contributed by atoms with E-state index in [4.69, 9.17) is 13.6 Å². The summed E-state index contributed by atoms with van der Waals surface area (Å²) in [4.78, 5) is 12.2. The minimum atomic E-state index is -1.82. The van der Waals surface area contributed by atoms with Gasteiger partial charge in [-0.3, -0.25) is 4.79 Å². The second kappa shape index (κ2) is 10.3. The zero-order chi connectivity index (χ0) is 24.2. The van der Waals surface area contributed by atoms with Crippen LogP contribution in [-0.4, -0.2) is 21.2 Å². The van der Waals surface area contributed by atoms with Gasteiger partial charge in [0, 0.05) is 17.6 Å². The molecule has 0 atom stereocenters. The van der Waals surface area contributed by atoms with Crippen LogP contribution in [0.25, 0.3) is 11.0 Å². The van der Waals surface area contributed by atoms with Crippen LogP contribution in [0.3, 0.4) is 0 Å². The van der Waals surface area contributed by atoms with Crippen molar-refractivity contribution in [2.45, 2.75) is 72.2 Å². The molecule has 0 saturated heterocycles. The Kier molecular flexibility index (Phi) is 7.86. The molecule has 3 aromatic rings. The van der Waals surface area contributed by atoms with Gasteiger partial charge in [-0.25, -0.2) is 0 Å². The minimum Gasteiger partial charge on any atom is -0.488 e. The first-order chi connectivity index (χ1) is 15.5. The quantitative estimate of drug-likeness (QED) is 0.228. The standard InChI is InChI=1S/C28H38O4Si/c1-20(2)15-23-16-24-22(13-14-32-33(6,7)28(3,4)5)19-31-27(24)25(17-29)26(23)30-18-21-11-9-8-10-12-21/h8-12,16-17,19-20H,13-15,18H2,1-7H3. The largest absolute Gasteiger partial charge is 0.488 e. The highest BCUT2D eigenvalue weighted by molar-refractivity contribution is 6.74. The molecule has 2 aromatic carbocycles. The number of hydrogen-bond acceptors (Lipinski definition) is 4. The van der Waals surface area contributed by atoms with E-state index < -0.39 is 8.32 Å². The zero-order valence-electron chi connectivity index (χ0n) is 21.2. The molecule has 0 aliphatic heterocycles. The predicted molar refractivity (Wildman–Crippen MR) is 138 cm³/mol. The van der Waals surface area contributed by atoms with E-state index in [0.717, 1.165) is 41.2 Å². The average molecular weight is 467 g/mol. The van der Waals surface area contributed by atoms with Gasteiger partial charge in [-0.05, 0) is 54.1 Å². The van der Waals surface area contributed by atoms with Crippen molar-refractivity contribution in [1.82, 2.24) is 0 Å². The highest BCUT2D eigenvalue weighted by Crippen LogP contribution is 2.38. The molecule has 5 heteroatoms. The molecule has 0 fully saturated rings. The highest BCUT2D eigenvalue weighted by Gasteiger charge is 2.37. The fourth-order valence-corrected chi connectivity index (χ4v) is 4.76. The fourth-order valence-electron chi connectivity index (χ4n) is 3.71. The molecule has 0 aliphatic carbocycles. The Morgan fingerprint density at radius 3 is 2.39 bits per heavy atom. The fraction of sp³-hybridized carbons (Fsp3) is 0.464. The minimum absolute atomic E-state index is 0.172. The van der Waals surface area contributed by atoms with Crippen molar-refractivity contribution < 1.29 is 18.4 Å². The third-order valence-electron chi connectivity index (χ3n) is 6.62. The first kappa shape index (κ1) is 25.3. The van der Waals surface area contributed by atoms with Crippen LogP contribution in [-0.2, 0) is 23.9 Å². The molecule has 33 heavy (non-hydrogen) atoms. The summed E-state index contributed by atoms with van der Waals surface area (Å²) >= 11 is 0. The number of carbonyl (C=O) groups is 1. The third kappa shape index (κ3) is 5.95. The second-order valence-corrected chi connectivity index (χ2v) is 15.6. The molecule has 0 saturated carbocycles. The number of fused-ring (bicyclic) bond motifs is 1. The summed E-state index contributed by atoms with van der Waals surface area (Å²) in [5, 5.41) is 1.16. The summed E-state index contributed by atoms with van der Waals surface area (Å²) in [5.41, 5.74) is 4.28. The van der Waals surface area contributed by atoms with Gasteiger partial charge >= 0.3 is 0 Å². The van der Waals surface area contributed by atoms with E-state index in [0.29, 0.717) is 36.0 Å². The van der Waals surface area contributed by atoms with Crippen molar-refractivity contribution in [3.05, 3.63) is 64.9 Å². The number of furan rings is 1. The number of benzene rings is 2. The molecule has 1 heterocycles. The molecule has 3 rings (SSSR count). The van der Waals surface area contributed by atoms with Gasteiger partial charge in [-0.2, -0.15) is 0 Å². The van der Waals surface area contributed by atoms with E-state index in [1.54, 1.807) is 6.26 Å². The van der Waals surface area contributed by atoms with Gasteiger partial charge in [-0.15, -0.1) is 0 Å². The summed E-state index contributed by atoms with van der Waals surface area (Å²) in [6.07, 6.45) is 4.22. The van der Waals surface area contributed by atoms with Gasteiger partial charge in [-0.1, -0.05) is 65.0 Å². The van der Waals surface area contributed by atoms with Gasteiger partial charge in [0.15, 0.2) is 14.6 Å². The Balaban J connectivity index is 1.92. The molecule has 4 nitrogen and oxygen atoms in total. The predicted octanol–water partition coefficient (Wildman–Crippen LogP) is 7.59. The summed E-state index contributed by atoms with van der Waals surface area (Å²) < 4.78 is 18.5. The monoisotopic (exact) mass is 466 g/mol. The zero-order valence-corrected chi connectivity index (χ0v) is 22.2. The van der Waals surface area contributed by atoms with E-state index in [1.807, 2.05) is 30.3 Å². The summed E-state index contributed by atoms with van der Waals surface area (Å²) in [7, 11) is -1.82. The van der Waals surface area contributed by atoms with Crippen LogP contribution in [0.1, 0.15) is 61.7 Å². The Morgan fingerprint density at radius 1 is 1.09 bits per heavy atom. The van der Waals surface area contributed by atoms with Crippen LogP contribution in [0.2, 0.25) is 18.1 Å². The number of carbonyl (C=O) groups excluding carboxylic acids is 1. The van der Waals surface area contributed by atoms with Gasteiger partial charge in [0.25, 0.3) is 0 Å². The molecular formula is C28H38O4Si. The maximum atomic E-state index is 12.2. The topological polar surface area (TPSA) is 48.7 Å². The lowest BCUT2D eigenvalue weighted by atomic mass is 9.96. The van der Waals surface area contributed by atoms with Crippen LogP contribution in [0.5, 0.6) is 5.75 Å². The molecule has 0 radical (unpaired) electrons.